The Morgan fingerprint density at radius 2 is 1.77 bits per heavy atom. The molecule has 0 spiro atoms. The highest BCUT2D eigenvalue weighted by Crippen LogP contribution is 2.24. The number of rotatable bonds is 7. The fraction of sp³-hybridized carbons (Fsp3) is 0.789. The van der Waals surface area contributed by atoms with Gasteiger partial charge in [-0.3, -0.25) is 14.4 Å². The third kappa shape index (κ3) is 6.52. The maximum atomic E-state index is 12.5. The first-order valence-electron chi connectivity index (χ1n) is 9.75. The molecular formula is C19H31N3O4. The Balaban J connectivity index is 1.93. The maximum Gasteiger partial charge on any atom is 0.309 e. The van der Waals surface area contributed by atoms with Crippen molar-refractivity contribution in [3.63, 3.8) is 0 Å². The zero-order valence-corrected chi connectivity index (χ0v) is 15.9. The summed E-state index contributed by atoms with van der Waals surface area (Å²) >= 11 is 0. The second-order valence-electron chi connectivity index (χ2n) is 7.62. The number of ether oxygens (including phenoxy) is 1. The van der Waals surface area contributed by atoms with E-state index in [0.29, 0.717) is 32.5 Å². The lowest BCUT2D eigenvalue weighted by Crippen LogP contribution is -2.49. The quantitative estimate of drug-likeness (QED) is 0.532. The van der Waals surface area contributed by atoms with Gasteiger partial charge in [0.2, 0.25) is 11.7 Å². The van der Waals surface area contributed by atoms with Gasteiger partial charge in [-0.15, -0.1) is 0 Å². The van der Waals surface area contributed by atoms with Crippen molar-refractivity contribution in [2.75, 3.05) is 13.2 Å². The van der Waals surface area contributed by atoms with Crippen LogP contribution < -0.4 is 10.7 Å². The summed E-state index contributed by atoms with van der Waals surface area (Å²) in [5.74, 6) is -1.35. The molecule has 1 aliphatic heterocycles. The van der Waals surface area contributed by atoms with Crippen molar-refractivity contribution in [1.29, 1.82) is 0 Å². The number of hydrogen-bond donors (Lipinski definition) is 2. The number of nitrogens with zero attached hydrogens (tertiary/aromatic N) is 1. The standard InChI is InChI=1S/C19H31N3O4/c1-13(2)12-16(20-18(24)14-6-4-3-5-7-14)17(23)19(25)22-21-15-8-10-26-11-9-15/h13-14,16H,3-12H2,1-2H3,(H,20,24)(H,22,25)/t16-/m0/s1. The molecule has 2 fully saturated rings. The average molecular weight is 365 g/mol. The molecule has 1 heterocycles. The Labute approximate surface area is 155 Å². The summed E-state index contributed by atoms with van der Waals surface area (Å²) in [6, 6.07) is -0.792. The predicted molar refractivity (Wildman–Crippen MR) is 98.6 cm³/mol. The Bertz CT molecular complexity index is 531. The van der Waals surface area contributed by atoms with Crippen LogP contribution in [-0.2, 0) is 19.1 Å². The highest BCUT2D eigenvalue weighted by molar-refractivity contribution is 6.38. The van der Waals surface area contributed by atoms with Gasteiger partial charge in [0, 0.05) is 24.5 Å². The number of nitrogens with one attached hydrogen (secondary N) is 2. The number of amides is 2. The van der Waals surface area contributed by atoms with Gasteiger partial charge in [0.15, 0.2) is 0 Å². The molecule has 2 aliphatic rings. The number of Topliss-reactive ketones (excluding diaryl/α,β-unsaturated/α-hetero) is 1. The Morgan fingerprint density at radius 3 is 2.38 bits per heavy atom. The zero-order chi connectivity index (χ0) is 18.9. The first kappa shape index (κ1) is 20.6. The van der Waals surface area contributed by atoms with Crippen molar-refractivity contribution in [2.45, 2.75) is 71.3 Å². The Morgan fingerprint density at radius 1 is 1.12 bits per heavy atom. The van der Waals surface area contributed by atoms with Crippen LogP contribution in [0.5, 0.6) is 0 Å². The van der Waals surface area contributed by atoms with Gasteiger partial charge >= 0.3 is 5.91 Å². The van der Waals surface area contributed by atoms with Gasteiger partial charge in [-0.25, -0.2) is 5.43 Å². The summed E-state index contributed by atoms with van der Waals surface area (Å²) in [6.07, 6.45) is 6.71. The van der Waals surface area contributed by atoms with E-state index in [1.54, 1.807) is 0 Å². The Kier molecular flexibility index (Phi) is 8.22. The van der Waals surface area contributed by atoms with E-state index >= 15 is 0 Å². The van der Waals surface area contributed by atoms with Crippen LogP contribution >= 0.6 is 0 Å². The monoisotopic (exact) mass is 365 g/mol. The van der Waals surface area contributed by atoms with Crippen LogP contribution in [0.1, 0.15) is 65.2 Å². The van der Waals surface area contributed by atoms with Crippen molar-refractivity contribution in [3.8, 4) is 0 Å². The van der Waals surface area contributed by atoms with Crippen LogP contribution in [0, 0.1) is 11.8 Å². The van der Waals surface area contributed by atoms with Crippen molar-refractivity contribution in [1.82, 2.24) is 10.7 Å². The lowest BCUT2D eigenvalue weighted by Gasteiger charge is -2.25. The van der Waals surface area contributed by atoms with Gasteiger partial charge in [-0.05, 0) is 25.2 Å². The van der Waals surface area contributed by atoms with E-state index in [0.717, 1.165) is 37.8 Å². The van der Waals surface area contributed by atoms with Crippen molar-refractivity contribution < 1.29 is 19.1 Å². The van der Waals surface area contributed by atoms with E-state index in [1.807, 2.05) is 13.8 Å². The second-order valence-corrected chi connectivity index (χ2v) is 7.62. The smallest absolute Gasteiger partial charge is 0.309 e. The van der Waals surface area contributed by atoms with E-state index in [9.17, 15) is 14.4 Å². The van der Waals surface area contributed by atoms with E-state index in [1.165, 1.54) is 0 Å². The molecule has 0 radical (unpaired) electrons. The molecule has 1 saturated carbocycles. The fourth-order valence-electron chi connectivity index (χ4n) is 3.42. The van der Waals surface area contributed by atoms with Crippen LogP contribution in [0.2, 0.25) is 0 Å². The lowest BCUT2D eigenvalue weighted by atomic mass is 9.88. The van der Waals surface area contributed by atoms with Crippen molar-refractivity contribution in [2.24, 2.45) is 16.9 Å². The van der Waals surface area contributed by atoms with Crippen LogP contribution in [-0.4, -0.2) is 42.6 Å². The van der Waals surface area contributed by atoms with Gasteiger partial charge in [-0.2, -0.15) is 5.10 Å². The summed E-state index contributed by atoms with van der Waals surface area (Å²) in [4.78, 5) is 37.3. The molecule has 146 valence electrons. The third-order valence-corrected chi connectivity index (χ3v) is 4.93. The Hall–Kier alpha value is -1.76. The number of hydrazone groups is 1. The van der Waals surface area contributed by atoms with Gasteiger partial charge in [0.05, 0.1) is 19.3 Å². The summed E-state index contributed by atoms with van der Waals surface area (Å²) < 4.78 is 5.23. The van der Waals surface area contributed by atoms with E-state index in [2.05, 4.69) is 15.8 Å². The van der Waals surface area contributed by atoms with E-state index < -0.39 is 17.7 Å². The molecule has 0 aromatic heterocycles. The highest BCUT2D eigenvalue weighted by atomic mass is 16.5. The summed E-state index contributed by atoms with van der Waals surface area (Å²) in [5.41, 5.74) is 3.17. The summed E-state index contributed by atoms with van der Waals surface area (Å²) in [5, 5.41) is 6.86. The van der Waals surface area contributed by atoms with Crippen molar-refractivity contribution in [3.05, 3.63) is 0 Å². The molecule has 2 rings (SSSR count). The second kappa shape index (κ2) is 10.4. The van der Waals surface area contributed by atoms with E-state index in [-0.39, 0.29) is 17.7 Å². The third-order valence-electron chi connectivity index (χ3n) is 4.93. The molecule has 1 atom stereocenters. The van der Waals surface area contributed by atoms with Gasteiger partial charge in [0.1, 0.15) is 0 Å². The van der Waals surface area contributed by atoms with Gasteiger partial charge < -0.3 is 10.1 Å². The van der Waals surface area contributed by atoms with Crippen molar-refractivity contribution >= 4 is 23.3 Å². The maximum absolute atomic E-state index is 12.5. The number of ketones is 1. The first-order chi connectivity index (χ1) is 12.5. The molecule has 1 aliphatic carbocycles. The molecule has 0 unspecified atom stereocenters. The van der Waals surface area contributed by atoms with Gasteiger partial charge in [-0.1, -0.05) is 33.1 Å². The SMILES string of the molecule is CC(C)C[C@H](NC(=O)C1CCCCC1)C(=O)C(=O)NN=C1CCOCC1. The molecule has 7 heteroatoms. The normalized spacial score (nSPS) is 19.7. The van der Waals surface area contributed by atoms with Crippen LogP contribution in [0.15, 0.2) is 5.10 Å². The zero-order valence-electron chi connectivity index (χ0n) is 15.9. The minimum Gasteiger partial charge on any atom is -0.381 e. The number of carbonyl (C=O) groups is 3. The first-order valence-corrected chi connectivity index (χ1v) is 9.75. The topological polar surface area (TPSA) is 96.9 Å². The summed E-state index contributed by atoms with van der Waals surface area (Å²) in [7, 11) is 0. The molecule has 7 nitrogen and oxygen atoms in total. The molecule has 0 aromatic rings. The van der Waals surface area contributed by atoms with Crippen LogP contribution in [0.25, 0.3) is 0 Å². The molecule has 0 bridgehead atoms. The lowest BCUT2D eigenvalue weighted by molar-refractivity contribution is -0.140. The fourth-order valence-corrected chi connectivity index (χ4v) is 3.42. The van der Waals surface area contributed by atoms with Gasteiger partial charge in [0.25, 0.3) is 0 Å². The average Bonchev–Trinajstić information content (AvgIpc) is 2.66. The largest absolute Gasteiger partial charge is 0.381 e. The molecule has 0 aromatic carbocycles. The highest BCUT2D eigenvalue weighted by Gasteiger charge is 2.30. The predicted octanol–water partition coefficient (Wildman–Crippen LogP) is 1.95. The van der Waals surface area contributed by atoms with Crippen LogP contribution in [0.3, 0.4) is 0 Å². The molecular weight excluding hydrogens is 334 g/mol. The molecule has 2 N–H and O–H groups in total. The summed E-state index contributed by atoms with van der Waals surface area (Å²) in [6.45, 7) is 5.09. The molecule has 26 heavy (non-hydrogen) atoms. The number of hydrogen-bond acceptors (Lipinski definition) is 5. The molecule has 2 amide bonds. The molecule has 1 saturated heterocycles. The minimum absolute atomic E-state index is 0.0447. The van der Waals surface area contributed by atoms with E-state index in [4.69, 9.17) is 4.74 Å². The number of carbonyl (C=O) groups excluding carboxylic acids is 3. The van der Waals surface area contributed by atoms with Crippen LogP contribution in [0.4, 0.5) is 0 Å². The minimum atomic E-state index is -0.792.